The average molecular weight is 201 g/mol. The Bertz CT molecular complexity index is 153. The molecule has 0 spiro atoms. The maximum atomic E-state index is 10.2. The molecule has 84 valence electrons. The molecular weight excluding hydrogens is 178 g/mol. The number of piperidine rings is 1. The molecule has 0 amide bonds. The molecule has 0 bridgehead atoms. The SMILES string of the molecule is CC.NN1CCC(N)(CCC=O)CC1. The van der Waals surface area contributed by atoms with Gasteiger partial charge in [-0.25, -0.2) is 5.01 Å². The summed E-state index contributed by atoms with van der Waals surface area (Å²) in [5.41, 5.74) is 5.92. The van der Waals surface area contributed by atoms with Gasteiger partial charge in [-0.05, 0) is 19.3 Å². The van der Waals surface area contributed by atoms with Crippen molar-refractivity contribution < 1.29 is 4.79 Å². The Morgan fingerprint density at radius 1 is 1.36 bits per heavy atom. The number of hydrogen-bond donors (Lipinski definition) is 2. The van der Waals surface area contributed by atoms with Crippen LogP contribution >= 0.6 is 0 Å². The van der Waals surface area contributed by atoms with E-state index in [9.17, 15) is 4.79 Å². The van der Waals surface area contributed by atoms with Crippen molar-refractivity contribution in [3.8, 4) is 0 Å². The largest absolute Gasteiger partial charge is 0.325 e. The van der Waals surface area contributed by atoms with Crippen molar-refractivity contribution >= 4 is 6.29 Å². The standard InChI is InChI=1S/C8H17N3O.C2H6/c9-8(2-1-7-12)3-5-11(10)6-4-8;1-2/h7H,1-6,9-10H2;1-2H3. The highest BCUT2D eigenvalue weighted by Crippen LogP contribution is 2.22. The van der Waals surface area contributed by atoms with Gasteiger partial charge in [0.05, 0.1) is 0 Å². The van der Waals surface area contributed by atoms with E-state index < -0.39 is 0 Å². The zero-order valence-corrected chi connectivity index (χ0v) is 9.33. The van der Waals surface area contributed by atoms with Crippen LogP contribution in [-0.2, 0) is 4.79 Å². The molecule has 0 radical (unpaired) electrons. The van der Waals surface area contributed by atoms with Crippen LogP contribution in [0.15, 0.2) is 0 Å². The van der Waals surface area contributed by atoms with Gasteiger partial charge in [0.25, 0.3) is 0 Å². The predicted octanol–water partition coefficient (Wildman–Crippen LogP) is 0.659. The third-order valence-electron chi connectivity index (χ3n) is 2.55. The molecule has 0 aromatic rings. The number of hydrazine groups is 1. The quantitative estimate of drug-likeness (QED) is 0.519. The summed E-state index contributed by atoms with van der Waals surface area (Å²) in [6.45, 7) is 5.69. The highest BCUT2D eigenvalue weighted by atomic mass is 16.1. The van der Waals surface area contributed by atoms with E-state index in [-0.39, 0.29) is 5.54 Å². The maximum Gasteiger partial charge on any atom is 0.120 e. The van der Waals surface area contributed by atoms with E-state index >= 15 is 0 Å². The van der Waals surface area contributed by atoms with Gasteiger partial charge in [-0.2, -0.15) is 0 Å². The van der Waals surface area contributed by atoms with E-state index in [0.29, 0.717) is 6.42 Å². The van der Waals surface area contributed by atoms with Crippen LogP contribution in [0.4, 0.5) is 0 Å². The van der Waals surface area contributed by atoms with Crippen molar-refractivity contribution in [2.75, 3.05) is 13.1 Å². The second-order valence-corrected chi connectivity index (χ2v) is 3.60. The Morgan fingerprint density at radius 3 is 2.29 bits per heavy atom. The van der Waals surface area contributed by atoms with Crippen molar-refractivity contribution in [3.63, 3.8) is 0 Å². The Balaban J connectivity index is 0.000000791. The van der Waals surface area contributed by atoms with E-state index in [1.54, 1.807) is 5.01 Å². The van der Waals surface area contributed by atoms with Gasteiger partial charge in [-0.1, -0.05) is 13.8 Å². The lowest BCUT2D eigenvalue weighted by molar-refractivity contribution is -0.108. The van der Waals surface area contributed by atoms with Gasteiger partial charge in [-0.3, -0.25) is 5.84 Å². The number of nitrogens with two attached hydrogens (primary N) is 2. The first-order valence-corrected chi connectivity index (χ1v) is 5.38. The molecule has 4 nitrogen and oxygen atoms in total. The van der Waals surface area contributed by atoms with Crippen LogP contribution < -0.4 is 11.6 Å². The number of aldehydes is 1. The topological polar surface area (TPSA) is 72.3 Å². The third-order valence-corrected chi connectivity index (χ3v) is 2.55. The molecule has 4 N–H and O–H groups in total. The van der Waals surface area contributed by atoms with Crippen LogP contribution in [0, 0.1) is 0 Å². The van der Waals surface area contributed by atoms with Crippen LogP contribution in [0.1, 0.15) is 39.5 Å². The molecule has 1 fully saturated rings. The van der Waals surface area contributed by atoms with Gasteiger partial charge in [0.1, 0.15) is 6.29 Å². The summed E-state index contributed by atoms with van der Waals surface area (Å²) in [5, 5.41) is 1.78. The smallest absolute Gasteiger partial charge is 0.120 e. The van der Waals surface area contributed by atoms with E-state index in [2.05, 4.69) is 0 Å². The number of carbonyl (C=O) groups is 1. The maximum absolute atomic E-state index is 10.2. The number of carbonyl (C=O) groups excluding carboxylic acids is 1. The van der Waals surface area contributed by atoms with Crippen LogP contribution in [0.2, 0.25) is 0 Å². The number of nitrogens with zero attached hydrogens (tertiary/aromatic N) is 1. The average Bonchev–Trinajstić information content (AvgIpc) is 2.23. The molecular formula is C10H23N3O. The van der Waals surface area contributed by atoms with Gasteiger partial charge in [0.2, 0.25) is 0 Å². The van der Waals surface area contributed by atoms with Gasteiger partial charge < -0.3 is 10.5 Å². The molecule has 1 aliphatic rings. The molecule has 14 heavy (non-hydrogen) atoms. The summed E-state index contributed by atoms with van der Waals surface area (Å²) in [6.07, 6.45) is 4.10. The normalized spacial score (nSPS) is 20.9. The van der Waals surface area contributed by atoms with Gasteiger partial charge >= 0.3 is 0 Å². The van der Waals surface area contributed by atoms with E-state index in [0.717, 1.165) is 38.6 Å². The summed E-state index contributed by atoms with van der Waals surface area (Å²) < 4.78 is 0. The lowest BCUT2D eigenvalue weighted by atomic mass is 9.85. The molecule has 0 aromatic carbocycles. The Kier molecular flexibility index (Phi) is 6.70. The Labute approximate surface area is 86.6 Å². The number of hydrogen-bond acceptors (Lipinski definition) is 4. The van der Waals surface area contributed by atoms with E-state index in [1.165, 1.54) is 0 Å². The fraction of sp³-hybridized carbons (Fsp3) is 0.900. The predicted molar refractivity (Wildman–Crippen MR) is 58.6 cm³/mol. The Hall–Kier alpha value is -0.450. The molecule has 1 heterocycles. The van der Waals surface area contributed by atoms with Crippen LogP contribution in [0.3, 0.4) is 0 Å². The lowest BCUT2D eigenvalue weighted by Gasteiger charge is -2.37. The van der Waals surface area contributed by atoms with Crippen molar-refractivity contribution in [2.45, 2.75) is 45.1 Å². The monoisotopic (exact) mass is 201 g/mol. The van der Waals surface area contributed by atoms with Crippen LogP contribution in [0.25, 0.3) is 0 Å². The lowest BCUT2D eigenvalue weighted by Crippen LogP contribution is -2.52. The summed E-state index contributed by atoms with van der Waals surface area (Å²) >= 11 is 0. The van der Waals surface area contributed by atoms with Crippen molar-refractivity contribution in [1.82, 2.24) is 5.01 Å². The van der Waals surface area contributed by atoms with Crippen molar-refractivity contribution in [3.05, 3.63) is 0 Å². The number of rotatable bonds is 3. The minimum absolute atomic E-state index is 0.142. The summed E-state index contributed by atoms with van der Waals surface area (Å²) in [7, 11) is 0. The van der Waals surface area contributed by atoms with Crippen molar-refractivity contribution in [1.29, 1.82) is 0 Å². The minimum atomic E-state index is -0.142. The molecule has 0 aromatic heterocycles. The molecule has 0 unspecified atom stereocenters. The van der Waals surface area contributed by atoms with Crippen molar-refractivity contribution in [2.24, 2.45) is 11.6 Å². The second-order valence-electron chi connectivity index (χ2n) is 3.60. The molecule has 0 atom stereocenters. The van der Waals surface area contributed by atoms with E-state index in [4.69, 9.17) is 11.6 Å². The first-order valence-electron chi connectivity index (χ1n) is 5.38. The highest BCUT2D eigenvalue weighted by molar-refractivity contribution is 5.49. The fourth-order valence-corrected chi connectivity index (χ4v) is 1.57. The van der Waals surface area contributed by atoms with Crippen LogP contribution in [-0.4, -0.2) is 29.9 Å². The van der Waals surface area contributed by atoms with Gasteiger partial charge in [0, 0.05) is 25.0 Å². The Morgan fingerprint density at radius 2 is 1.86 bits per heavy atom. The molecule has 0 aliphatic carbocycles. The first-order chi connectivity index (χ1) is 6.66. The summed E-state index contributed by atoms with van der Waals surface area (Å²) in [4.78, 5) is 10.2. The molecule has 1 saturated heterocycles. The molecule has 0 saturated carbocycles. The molecule has 1 aliphatic heterocycles. The zero-order valence-electron chi connectivity index (χ0n) is 9.33. The summed E-state index contributed by atoms with van der Waals surface area (Å²) in [5.74, 6) is 5.59. The van der Waals surface area contributed by atoms with Gasteiger partial charge in [-0.15, -0.1) is 0 Å². The highest BCUT2D eigenvalue weighted by Gasteiger charge is 2.28. The van der Waals surface area contributed by atoms with E-state index in [1.807, 2.05) is 13.8 Å². The third kappa shape index (κ3) is 4.69. The van der Waals surface area contributed by atoms with Crippen LogP contribution in [0.5, 0.6) is 0 Å². The first kappa shape index (κ1) is 13.5. The molecule has 4 heteroatoms. The minimum Gasteiger partial charge on any atom is -0.325 e. The second kappa shape index (κ2) is 6.92. The van der Waals surface area contributed by atoms with Gasteiger partial charge in [0.15, 0.2) is 0 Å². The molecule has 1 rings (SSSR count). The summed E-state index contributed by atoms with van der Waals surface area (Å²) in [6, 6.07) is 0. The fourth-order valence-electron chi connectivity index (χ4n) is 1.57. The zero-order chi connectivity index (χ0) is 11.0.